The summed E-state index contributed by atoms with van der Waals surface area (Å²) < 4.78 is 0. The van der Waals surface area contributed by atoms with Crippen LogP contribution >= 0.6 is 0 Å². The Labute approximate surface area is 86.6 Å². The van der Waals surface area contributed by atoms with Crippen LogP contribution in [0.1, 0.15) is 33.1 Å². The number of amides is 1. The second-order valence-electron chi connectivity index (χ2n) is 4.36. The van der Waals surface area contributed by atoms with Crippen LogP contribution in [-0.2, 0) is 4.79 Å². The van der Waals surface area contributed by atoms with Crippen LogP contribution < -0.4 is 10.6 Å². The molecule has 0 spiro atoms. The molecule has 0 saturated heterocycles. The zero-order chi connectivity index (χ0) is 10.4. The first-order valence-corrected chi connectivity index (χ1v) is 5.65. The highest BCUT2D eigenvalue weighted by Gasteiger charge is 2.22. The summed E-state index contributed by atoms with van der Waals surface area (Å²) in [4.78, 5) is 10.6. The predicted molar refractivity (Wildman–Crippen MR) is 58.1 cm³/mol. The molecule has 1 rings (SSSR count). The highest BCUT2D eigenvalue weighted by atomic mass is 16.1. The lowest BCUT2D eigenvalue weighted by molar-refractivity contribution is -0.118. The van der Waals surface area contributed by atoms with Crippen molar-refractivity contribution in [1.82, 2.24) is 10.6 Å². The van der Waals surface area contributed by atoms with E-state index in [1.165, 1.54) is 19.3 Å². The molecule has 0 radical (unpaired) electrons. The highest BCUT2D eigenvalue weighted by Crippen LogP contribution is 2.30. The van der Waals surface area contributed by atoms with Crippen LogP contribution in [0.5, 0.6) is 0 Å². The molecule has 1 saturated carbocycles. The van der Waals surface area contributed by atoms with Crippen molar-refractivity contribution < 1.29 is 4.79 Å². The van der Waals surface area contributed by atoms with Gasteiger partial charge < -0.3 is 10.6 Å². The first-order valence-electron chi connectivity index (χ1n) is 5.65. The van der Waals surface area contributed by atoms with Crippen LogP contribution in [0.2, 0.25) is 0 Å². The zero-order valence-corrected chi connectivity index (χ0v) is 9.31. The smallest absolute Gasteiger partial charge is 0.216 e. The van der Waals surface area contributed by atoms with Gasteiger partial charge in [0.05, 0.1) is 0 Å². The van der Waals surface area contributed by atoms with Crippen molar-refractivity contribution in [2.24, 2.45) is 11.8 Å². The van der Waals surface area contributed by atoms with Gasteiger partial charge in [-0.3, -0.25) is 4.79 Å². The Kier molecular flexibility index (Phi) is 4.94. The molecule has 2 unspecified atom stereocenters. The molecule has 0 aliphatic heterocycles. The van der Waals surface area contributed by atoms with E-state index in [1.807, 2.05) is 0 Å². The molecule has 1 amide bonds. The lowest BCUT2D eigenvalue weighted by atomic mass is 9.98. The van der Waals surface area contributed by atoms with Crippen molar-refractivity contribution in [3.05, 3.63) is 0 Å². The number of carbonyl (C=O) groups is 1. The van der Waals surface area contributed by atoms with Crippen molar-refractivity contribution in [2.75, 3.05) is 19.6 Å². The normalized spacial score (nSPS) is 26.4. The average Bonchev–Trinajstić information content (AvgIpc) is 2.51. The van der Waals surface area contributed by atoms with Crippen molar-refractivity contribution in [3.63, 3.8) is 0 Å². The van der Waals surface area contributed by atoms with Gasteiger partial charge >= 0.3 is 0 Å². The molecule has 0 bridgehead atoms. The summed E-state index contributed by atoms with van der Waals surface area (Å²) in [6.07, 6.45) is 4.14. The van der Waals surface area contributed by atoms with Gasteiger partial charge in [0.15, 0.2) is 0 Å². The van der Waals surface area contributed by atoms with E-state index in [-0.39, 0.29) is 5.91 Å². The molecule has 2 atom stereocenters. The third kappa shape index (κ3) is 4.09. The van der Waals surface area contributed by atoms with Gasteiger partial charge in [-0.15, -0.1) is 0 Å². The molecule has 82 valence electrons. The Balaban J connectivity index is 1.95. The predicted octanol–water partition coefficient (Wildman–Crippen LogP) is 1.15. The second-order valence-corrected chi connectivity index (χ2v) is 4.36. The highest BCUT2D eigenvalue weighted by molar-refractivity contribution is 5.72. The van der Waals surface area contributed by atoms with Crippen LogP contribution in [0.15, 0.2) is 0 Å². The number of hydrogen-bond donors (Lipinski definition) is 2. The Morgan fingerprint density at radius 2 is 2.14 bits per heavy atom. The summed E-state index contributed by atoms with van der Waals surface area (Å²) in [6, 6.07) is 0. The molecule has 0 aromatic rings. The van der Waals surface area contributed by atoms with Crippen molar-refractivity contribution >= 4 is 5.91 Å². The summed E-state index contributed by atoms with van der Waals surface area (Å²) >= 11 is 0. The SMILES string of the molecule is CC(=O)NCCNCC1CCCC1C. The van der Waals surface area contributed by atoms with Crippen molar-refractivity contribution in [2.45, 2.75) is 33.1 Å². The Hall–Kier alpha value is -0.570. The van der Waals surface area contributed by atoms with Crippen LogP contribution in [0, 0.1) is 11.8 Å². The van der Waals surface area contributed by atoms with Gasteiger partial charge in [0.2, 0.25) is 5.91 Å². The Bertz CT molecular complexity index is 182. The van der Waals surface area contributed by atoms with Crippen molar-refractivity contribution in [1.29, 1.82) is 0 Å². The standard InChI is InChI=1S/C11H22N2O/c1-9-4-3-5-11(9)8-12-6-7-13-10(2)14/h9,11-12H,3-8H2,1-2H3,(H,13,14). The molecule has 1 fully saturated rings. The summed E-state index contributed by atoms with van der Waals surface area (Å²) in [7, 11) is 0. The van der Waals surface area contributed by atoms with Gasteiger partial charge in [-0.1, -0.05) is 19.8 Å². The third-order valence-electron chi connectivity index (χ3n) is 3.12. The first-order chi connectivity index (χ1) is 6.70. The molecule has 1 aliphatic rings. The number of carbonyl (C=O) groups excluding carboxylic acids is 1. The monoisotopic (exact) mass is 198 g/mol. The van der Waals surface area contributed by atoms with E-state index in [4.69, 9.17) is 0 Å². The van der Waals surface area contributed by atoms with E-state index in [0.717, 1.165) is 31.5 Å². The minimum Gasteiger partial charge on any atom is -0.355 e. The van der Waals surface area contributed by atoms with Crippen LogP contribution in [-0.4, -0.2) is 25.5 Å². The number of hydrogen-bond acceptors (Lipinski definition) is 2. The Morgan fingerprint density at radius 3 is 2.71 bits per heavy atom. The van der Waals surface area contributed by atoms with E-state index >= 15 is 0 Å². The lowest BCUT2D eigenvalue weighted by Gasteiger charge is -2.15. The molecule has 1 aliphatic carbocycles. The quantitative estimate of drug-likeness (QED) is 0.651. The van der Waals surface area contributed by atoms with E-state index in [9.17, 15) is 4.79 Å². The van der Waals surface area contributed by atoms with Crippen molar-refractivity contribution in [3.8, 4) is 0 Å². The van der Waals surface area contributed by atoms with E-state index < -0.39 is 0 Å². The summed E-state index contributed by atoms with van der Waals surface area (Å²) in [6.45, 7) is 6.65. The first kappa shape index (κ1) is 11.5. The number of nitrogens with one attached hydrogen (secondary N) is 2. The van der Waals surface area contributed by atoms with E-state index in [2.05, 4.69) is 17.6 Å². The molecule has 14 heavy (non-hydrogen) atoms. The summed E-state index contributed by atoms with van der Waals surface area (Å²) in [5, 5.41) is 6.18. The molecule has 3 heteroatoms. The van der Waals surface area contributed by atoms with E-state index in [0.29, 0.717) is 0 Å². The van der Waals surface area contributed by atoms with Gasteiger partial charge in [0, 0.05) is 20.0 Å². The average molecular weight is 198 g/mol. The fraction of sp³-hybridized carbons (Fsp3) is 0.909. The molecular weight excluding hydrogens is 176 g/mol. The van der Waals surface area contributed by atoms with Gasteiger partial charge in [0.25, 0.3) is 0 Å². The van der Waals surface area contributed by atoms with Crippen LogP contribution in [0.4, 0.5) is 0 Å². The largest absolute Gasteiger partial charge is 0.355 e. The maximum atomic E-state index is 10.6. The minimum atomic E-state index is 0.0565. The molecule has 0 heterocycles. The van der Waals surface area contributed by atoms with Crippen LogP contribution in [0.3, 0.4) is 0 Å². The fourth-order valence-electron chi connectivity index (χ4n) is 2.14. The lowest BCUT2D eigenvalue weighted by Crippen LogP contribution is -2.33. The van der Waals surface area contributed by atoms with E-state index in [1.54, 1.807) is 6.92 Å². The molecule has 3 nitrogen and oxygen atoms in total. The van der Waals surface area contributed by atoms with Crippen LogP contribution in [0.25, 0.3) is 0 Å². The Morgan fingerprint density at radius 1 is 1.36 bits per heavy atom. The third-order valence-corrected chi connectivity index (χ3v) is 3.12. The maximum Gasteiger partial charge on any atom is 0.216 e. The fourth-order valence-corrected chi connectivity index (χ4v) is 2.14. The minimum absolute atomic E-state index is 0.0565. The summed E-state index contributed by atoms with van der Waals surface area (Å²) in [5.74, 6) is 1.79. The molecular formula is C11H22N2O. The number of rotatable bonds is 5. The second kappa shape index (κ2) is 6.02. The summed E-state index contributed by atoms with van der Waals surface area (Å²) in [5.41, 5.74) is 0. The maximum absolute atomic E-state index is 10.6. The zero-order valence-electron chi connectivity index (χ0n) is 9.31. The molecule has 0 aromatic carbocycles. The molecule has 0 aromatic heterocycles. The topological polar surface area (TPSA) is 41.1 Å². The van der Waals surface area contributed by atoms with Gasteiger partial charge in [-0.2, -0.15) is 0 Å². The van der Waals surface area contributed by atoms with Gasteiger partial charge in [-0.25, -0.2) is 0 Å². The van der Waals surface area contributed by atoms with Gasteiger partial charge in [-0.05, 0) is 24.8 Å². The van der Waals surface area contributed by atoms with Gasteiger partial charge in [0.1, 0.15) is 0 Å². The molecule has 2 N–H and O–H groups in total.